The minimum atomic E-state index is -1.32. The first kappa shape index (κ1) is 28.4. The predicted molar refractivity (Wildman–Crippen MR) is 165 cm³/mol. The number of likely N-dealkylation sites (tertiary alicyclic amines) is 1. The number of hydrogen-bond donors (Lipinski definition) is 1. The molecule has 3 saturated heterocycles. The Hall–Kier alpha value is -2.70. The molecule has 1 amide bonds. The van der Waals surface area contributed by atoms with Crippen LogP contribution in [0.5, 0.6) is 0 Å². The Morgan fingerprint density at radius 2 is 1.71 bits per heavy atom. The summed E-state index contributed by atoms with van der Waals surface area (Å²) >= 11 is 0. The van der Waals surface area contributed by atoms with E-state index >= 15 is 0 Å². The number of aliphatic hydroxyl groups is 1. The van der Waals surface area contributed by atoms with Gasteiger partial charge in [0.1, 0.15) is 11.4 Å². The van der Waals surface area contributed by atoms with Gasteiger partial charge in [-0.15, -0.1) is 0 Å². The van der Waals surface area contributed by atoms with Crippen LogP contribution in [0.15, 0.2) is 48.5 Å². The van der Waals surface area contributed by atoms with Gasteiger partial charge in [-0.2, -0.15) is 0 Å². The van der Waals surface area contributed by atoms with Crippen molar-refractivity contribution >= 4 is 16.9 Å². The van der Waals surface area contributed by atoms with Crippen LogP contribution in [0.1, 0.15) is 102 Å². The first-order valence-corrected chi connectivity index (χ1v) is 15.9. The summed E-state index contributed by atoms with van der Waals surface area (Å²) in [6, 6.07) is 19.6. The highest BCUT2D eigenvalue weighted by Crippen LogP contribution is 2.45. The molecule has 0 aliphatic carbocycles. The smallest absolute Gasteiger partial charge is 0.253 e. The van der Waals surface area contributed by atoms with Crippen molar-refractivity contribution in [2.24, 2.45) is 0 Å². The maximum absolute atomic E-state index is 12.9. The van der Waals surface area contributed by atoms with Crippen LogP contribution >= 0.6 is 0 Å². The van der Waals surface area contributed by atoms with E-state index in [0.29, 0.717) is 37.1 Å². The molecule has 0 saturated carbocycles. The van der Waals surface area contributed by atoms with Crippen molar-refractivity contribution in [3.05, 3.63) is 65.5 Å². The van der Waals surface area contributed by atoms with E-state index in [1.54, 1.807) is 13.8 Å². The zero-order valence-corrected chi connectivity index (χ0v) is 25.6. The van der Waals surface area contributed by atoms with Gasteiger partial charge >= 0.3 is 0 Å². The number of piperidine rings is 2. The quantitative estimate of drug-likeness (QED) is 0.368. The van der Waals surface area contributed by atoms with Crippen molar-refractivity contribution in [2.45, 2.75) is 115 Å². The second kappa shape index (κ2) is 10.9. The lowest BCUT2D eigenvalue weighted by Gasteiger charge is -2.46. The number of imidazole rings is 1. The van der Waals surface area contributed by atoms with Crippen LogP contribution < -0.4 is 0 Å². The molecule has 6 heteroatoms. The van der Waals surface area contributed by atoms with Crippen LogP contribution in [0, 0.1) is 6.92 Å². The Bertz CT molecular complexity index is 1380. The van der Waals surface area contributed by atoms with Crippen LogP contribution in [-0.2, 0) is 10.2 Å². The molecule has 3 aliphatic rings. The van der Waals surface area contributed by atoms with Crippen LogP contribution in [-0.4, -0.2) is 67.7 Å². The van der Waals surface area contributed by atoms with Crippen LogP contribution in [0.2, 0.25) is 0 Å². The average Bonchev–Trinajstić information content (AvgIpc) is 3.41. The number of hydrogen-bond acceptors (Lipinski definition) is 4. The molecule has 220 valence electrons. The lowest BCUT2D eigenvalue weighted by molar-refractivity contribution is -0.149. The van der Waals surface area contributed by atoms with Gasteiger partial charge in [-0.3, -0.25) is 9.69 Å². The van der Waals surface area contributed by atoms with Gasteiger partial charge in [0.25, 0.3) is 5.91 Å². The zero-order chi connectivity index (χ0) is 28.9. The van der Waals surface area contributed by atoms with E-state index in [1.165, 1.54) is 42.3 Å². The molecule has 6 nitrogen and oxygen atoms in total. The summed E-state index contributed by atoms with van der Waals surface area (Å²) in [5.41, 5.74) is 3.94. The summed E-state index contributed by atoms with van der Waals surface area (Å²) in [7, 11) is 0. The first-order chi connectivity index (χ1) is 19.6. The van der Waals surface area contributed by atoms with E-state index < -0.39 is 5.60 Å². The molecule has 0 radical (unpaired) electrons. The van der Waals surface area contributed by atoms with Crippen LogP contribution in [0.4, 0.5) is 0 Å². The van der Waals surface area contributed by atoms with Crippen molar-refractivity contribution in [3.63, 3.8) is 0 Å². The van der Waals surface area contributed by atoms with Gasteiger partial charge < -0.3 is 14.6 Å². The Labute approximate surface area is 245 Å². The standard InChI is InChI=1S/C35H48N4O2/c1-24(2)26-9-8-10-27(21-26)35(15-18-37(19-16-35)33(40)34(4,5)41)17-20-38-28-13-14-29(38)23-30(22-28)39-25(3)36-31-11-6-7-12-32(31)39/h6-12,21,24,28-30,41H,13-20,22-23H2,1-5H3. The predicted octanol–water partition coefficient (Wildman–Crippen LogP) is 6.36. The Balaban J connectivity index is 1.21. The van der Waals surface area contributed by atoms with Crippen molar-refractivity contribution in [3.8, 4) is 0 Å². The lowest BCUT2D eigenvalue weighted by Crippen LogP contribution is -2.52. The van der Waals surface area contributed by atoms with Crippen molar-refractivity contribution < 1.29 is 9.90 Å². The molecule has 2 unspecified atom stereocenters. The van der Waals surface area contributed by atoms with Crippen molar-refractivity contribution in [1.82, 2.24) is 19.4 Å². The minimum Gasteiger partial charge on any atom is -0.381 e. The number of aromatic nitrogens is 2. The number of amides is 1. The fourth-order valence-corrected chi connectivity index (χ4v) is 8.23. The van der Waals surface area contributed by atoms with Gasteiger partial charge in [0.05, 0.1) is 11.0 Å². The van der Waals surface area contributed by atoms with E-state index in [0.717, 1.165) is 37.1 Å². The summed E-state index contributed by atoms with van der Waals surface area (Å²) in [5, 5.41) is 10.4. The van der Waals surface area contributed by atoms with Gasteiger partial charge in [-0.05, 0) is 107 Å². The number of rotatable bonds is 7. The lowest BCUT2D eigenvalue weighted by atomic mass is 9.69. The molecule has 2 aromatic carbocycles. The normalized spacial score (nSPS) is 24.9. The molecule has 1 aromatic heterocycles. The second-order valence-electron chi connectivity index (χ2n) is 13.9. The summed E-state index contributed by atoms with van der Waals surface area (Å²) in [6.45, 7) is 12.4. The third kappa shape index (κ3) is 5.34. The Morgan fingerprint density at radius 1 is 1.02 bits per heavy atom. The maximum atomic E-state index is 12.9. The van der Waals surface area contributed by atoms with Crippen LogP contribution in [0.3, 0.4) is 0 Å². The van der Waals surface area contributed by atoms with Crippen molar-refractivity contribution in [1.29, 1.82) is 0 Å². The third-order valence-electron chi connectivity index (χ3n) is 10.5. The number of aryl methyl sites for hydroxylation is 1. The largest absolute Gasteiger partial charge is 0.381 e. The molecule has 3 aromatic rings. The van der Waals surface area contributed by atoms with E-state index in [4.69, 9.17) is 4.98 Å². The number of carbonyl (C=O) groups excluding carboxylic acids is 1. The molecule has 2 atom stereocenters. The monoisotopic (exact) mass is 556 g/mol. The fraction of sp³-hybridized carbons (Fsp3) is 0.600. The average molecular weight is 557 g/mol. The molecule has 3 fully saturated rings. The number of benzene rings is 2. The number of nitrogens with zero attached hydrogens (tertiary/aromatic N) is 4. The van der Waals surface area contributed by atoms with Gasteiger partial charge in [0, 0.05) is 31.2 Å². The van der Waals surface area contributed by atoms with E-state index in [-0.39, 0.29) is 11.3 Å². The van der Waals surface area contributed by atoms with E-state index in [9.17, 15) is 9.90 Å². The molecule has 6 rings (SSSR count). The summed E-state index contributed by atoms with van der Waals surface area (Å²) < 4.78 is 2.52. The highest BCUT2D eigenvalue weighted by Gasteiger charge is 2.45. The van der Waals surface area contributed by atoms with E-state index in [2.05, 4.69) is 78.8 Å². The van der Waals surface area contributed by atoms with Gasteiger partial charge in [0.15, 0.2) is 0 Å². The molecule has 2 bridgehead atoms. The number of carbonyl (C=O) groups is 1. The highest BCUT2D eigenvalue weighted by molar-refractivity contribution is 5.84. The van der Waals surface area contributed by atoms with Gasteiger partial charge in [0.2, 0.25) is 0 Å². The third-order valence-corrected chi connectivity index (χ3v) is 10.5. The topological polar surface area (TPSA) is 61.6 Å². The van der Waals surface area contributed by atoms with Gasteiger partial charge in [-0.1, -0.05) is 50.2 Å². The molecular weight excluding hydrogens is 508 g/mol. The van der Waals surface area contributed by atoms with Gasteiger partial charge in [-0.25, -0.2) is 4.98 Å². The zero-order valence-electron chi connectivity index (χ0n) is 25.6. The fourth-order valence-electron chi connectivity index (χ4n) is 8.23. The summed E-state index contributed by atoms with van der Waals surface area (Å²) in [4.78, 5) is 22.5. The SMILES string of the molecule is Cc1nc2ccccc2n1C1CC2CCC(C1)N2CCC1(c2cccc(C(C)C)c2)CCN(C(=O)C(C)(C)O)CC1. The molecule has 0 spiro atoms. The molecule has 41 heavy (non-hydrogen) atoms. The summed E-state index contributed by atoms with van der Waals surface area (Å²) in [5.74, 6) is 1.48. The molecule has 3 aliphatic heterocycles. The molecule has 1 N–H and O–H groups in total. The first-order valence-electron chi connectivity index (χ1n) is 15.9. The minimum absolute atomic E-state index is 0.0503. The molecule has 4 heterocycles. The Kier molecular flexibility index (Phi) is 7.52. The highest BCUT2D eigenvalue weighted by atomic mass is 16.3. The second-order valence-corrected chi connectivity index (χ2v) is 13.9. The Morgan fingerprint density at radius 3 is 2.37 bits per heavy atom. The molecular formula is C35H48N4O2. The van der Waals surface area contributed by atoms with Crippen LogP contribution in [0.25, 0.3) is 11.0 Å². The van der Waals surface area contributed by atoms with Crippen molar-refractivity contribution in [2.75, 3.05) is 19.6 Å². The maximum Gasteiger partial charge on any atom is 0.253 e. The van der Waals surface area contributed by atoms with E-state index in [1.807, 2.05) is 4.90 Å². The number of para-hydroxylation sites is 2. The summed E-state index contributed by atoms with van der Waals surface area (Å²) in [6.07, 6.45) is 7.98. The number of fused-ring (bicyclic) bond motifs is 3.